The average molecular weight is 366 g/mol. The van der Waals surface area contributed by atoms with Crippen molar-refractivity contribution in [1.29, 1.82) is 0 Å². The molecule has 4 heteroatoms. The molecular formula is C23H31N3O. The SMILES string of the molecule is Cc1ccccc1CN(C)CC(=O)NC1CCN(Cc2ccccc2)CC1. The van der Waals surface area contributed by atoms with Gasteiger partial charge in [0.2, 0.25) is 5.91 Å². The lowest BCUT2D eigenvalue weighted by Gasteiger charge is -2.32. The predicted octanol–water partition coefficient (Wildman–Crippen LogP) is 3.21. The summed E-state index contributed by atoms with van der Waals surface area (Å²) in [7, 11) is 2.01. The molecular weight excluding hydrogens is 334 g/mol. The van der Waals surface area contributed by atoms with Gasteiger partial charge in [0, 0.05) is 32.2 Å². The van der Waals surface area contributed by atoms with Gasteiger partial charge in [-0.1, -0.05) is 54.6 Å². The lowest BCUT2D eigenvalue weighted by Crippen LogP contribution is -2.46. The molecule has 4 nitrogen and oxygen atoms in total. The molecule has 0 aromatic heterocycles. The van der Waals surface area contributed by atoms with Crippen LogP contribution >= 0.6 is 0 Å². The monoisotopic (exact) mass is 365 g/mol. The minimum atomic E-state index is 0.132. The molecule has 27 heavy (non-hydrogen) atoms. The van der Waals surface area contributed by atoms with Gasteiger partial charge >= 0.3 is 0 Å². The van der Waals surface area contributed by atoms with Crippen molar-refractivity contribution in [1.82, 2.24) is 15.1 Å². The van der Waals surface area contributed by atoms with Gasteiger partial charge in [-0.05, 0) is 43.5 Å². The lowest BCUT2D eigenvalue weighted by molar-refractivity contribution is -0.123. The maximum Gasteiger partial charge on any atom is 0.234 e. The number of hydrogen-bond acceptors (Lipinski definition) is 3. The molecule has 1 aliphatic heterocycles. The molecule has 0 atom stereocenters. The van der Waals surface area contributed by atoms with Gasteiger partial charge in [0.05, 0.1) is 6.54 Å². The van der Waals surface area contributed by atoms with E-state index < -0.39 is 0 Å². The number of carbonyl (C=O) groups excluding carboxylic acids is 1. The Morgan fingerprint density at radius 1 is 1.07 bits per heavy atom. The summed E-state index contributed by atoms with van der Waals surface area (Å²) >= 11 is 0. The van der Waals surface area contributed by atoms with E-state index in [9.17, 15) is 4.79 Å². The van der Waals surface area contributed by atoms with E-state index in [2.05, 4.69) is 76.6 Å². The normalized spacial score (nSPS) is 15.8. The Kier molecular flexibility index (Phi) is 7.02. The van der Waals surface area contributed by atoms with E-state index in [0.29, 0.717) is 12.6 Å². The molecule has 2 aromatic carbocycles. The first kappa shape index (κ1) is 19.6. The molecule has 1 aliphatic rings. The van der Waals surface area contributed by atoms with E-state index in [4.69, 9.17) is 0 Å². The van der Waals surface area contributed by atoms with Crippen molar-refractivity contribution in [3.8, 4) is 0 Å². The van der Waals surface area contributed by atoms with Gasteiger partial charge in [-0.15, -0.1) is 0 Å². The summed E-state index contributed by atoms with van der Waals surface area (Å²) in [4.78, 5) is 17.0. The van der Waals surface area contributed by atoms with Crippen LogP contribution in [-0.2, 0) is 17.9 Å². The molecule has 1 fully saturated rings. The fraction of sp³-hybridized carbons (Fsp3) is 0.435. The van der Waals surface area contributed by atoms with E-state index in [-0.39, 0.29) is 5.91 Å². The zero-order chi connectivity index (χ0) is 19.1. The second-order valence-electron chi connectivity index (χ2n) is 7.70. The largest absolute Gasteiger partial charge is 0.352 e. The highest BCUT2D eigenvalue weighted by molar-refractivity contribution is 5.78. The van der Waals surface area contributed by atoms with E-state index in [1.165, 1.54) is 16.7 Å². The number of nitrogens with one attached hydrogen (secondary N) is 1. The van der Waals surface area contributed by atoms with Crippen LogP contribution in [0.2, 0.25) is 0 Å². The van der Waals surface area contributed by atoms with Crippen molar-refractivity contribution < 1.29 is 4.79 Å². The Bertz CT molecular complexity index is 723. The van der Waals surface area contributed by atoms with Gasteiger partial charge in [0.25, 0.3) is 0 Å². The number of hydrogen-bond donors (Lipinski definition) is 1. The molecule has 2 aromatic rings. The van der Waals surface area contributed by atoms with Crippen molar-refractivity contribution in [2.45, 2.75) is 38.9 Å². The number of likely N-dealkylation sites (N-methyl/N-ethyl adjacent to an activating group) is 1. The van der Waals surface area contributed by atoms with Crippen LogP contribution in [0, 0.1) is 6.92 Å². The van der Waals surface area contributed by atoms with Crippen molar-refractivity contribution in [3.63, 3.8) is 0 Å². The van der Waals surface area contributed by atoms with E-state index in [0.717, 1.165) is 39.0 Å². The van der Waals surface area contributed by atoms with Crippen LogP contribution in [0.1, 0.15) is 29.5 Å². The summed E-state index contributed by atoms with van der Waals surface area (Å²) in [6.45, 7) is 6.44. The first-order valence-electron chi connectivity index (χ1n) is 9.89. The molecule has 1 heterocycles. The topological polar surface area (TPSA) is 35.6 Å². The number of rotatable bonds is 7. The fourth-order valence-corrected chi connectivity index (χ4v) is 3.73. The van der Waals surface area contributed by atoms with Crippen LogP contribution in [0.5, 0.6) is 0 Å². The summed E-state index contributed by atoms with van der Waals surface area (Å²) in [5.74, 6) is 0.132. The molecule has 0 bridgehead atoms. The molecule has 0 unspecified atom stereocenters. The van der Waals surface area contributed by atoms with Gasteiger partial charge in [0.1, 0.15) is 0 Å². The predicted molar refractivity (Wildman–Crippen MR) is 110 cm³/mol. The maximum atomic E-state index is 12.4. The number of piperidine rings is 1. The summed E-state index contributed by atoms with van der Waals surface area (Å²) in [6, 6.07) is 19.3. The van der Waals surface area contributed by atoms with Crippen molar-refractivity contribution in [2.24, 2.45) is 0 Å². The van der Waals surface area contributed by atoms with Gasteiger partial charge in [-0.2, -0.15) is 0 Å². The quantitative estimate of drug-likeness (QED) is 0.818. The molecule has 0 radical (unpaired) electrons. The van der Waals surface area contributed by atoms with Crippen LogP contribution in [0.15, 0.2) is 54.6 Å². The Morgan fingerprint density at radius 3 is 2.44 bits per heavy atom. The minimum Gasteiger partial charge on any atom is -0.352 e. The minimum absolute atomic E-state index is 0.132. The summed E-state index contributed by atoms with van der Waals surface area (Å²) < 4.78 is 0. The van der Waals surface area contributed by atoms with Crippen molar-refractivity contribution in [3.05, 3.63) is 71.3 Å². The highest BCUT2D eigenvalue weighted by Gasteiger charge is 2.21. The standard InChI is InChI=1S/C23H31N3O/c1-19-8-6-7-11-21(19)17-25(2)18-23(27)24-22-12-14-26(15-13-22)16-20-9-4-3-5-10-20/h3-11,22H,12-18H2,1-2H3,(H,24,27). The summed E-state index contributed by atoms with van der Waals surface area (Å²) in [5.41, 5.74) is 3.91. The fourth-order valence-electron chi connectivity index (χ4n) is 3.73. The number of amides is 1. The van der Waals surface area contributed by atoms with E-state index >= 15 is 0 Å². The molecule has 1 N–H and O–H groups in total. The number of likely N-dealkylation sites (tertiary alicyclic amines) is 1. The molecule has 1 saturated heterocycles. The van der Waals surface area contributed by atoms with Crippen LogP contribution in [0.25, 0.3) is 0 Å². The van der Waals surface area contributed by atoms with Gasteiger partial charge in [-0.3, -0.25) is 14.6 Å². The number of carbonyl (C=O) groups is 1. The first-order chi connectivity index (χ1) is 13.1. The van der Waals surface area contributed by atoms with Crippen LogP contribution in [-0.4, -0.2) is 48.4 Å². The third-order valence-electron chi connectivity index (χ3n) is 5.32. The molecule has 0 aliphatic carbocycles. The summed E-state index contributed by atoms with van der Waals surface area (Å²) in [6.07, 6.45) is 2.06. The van der Waals surface area contributed by atoms with E-state index in [1.54, 1.807) is 0 Å². The van der Waals surface area contributed by atoms with Crippen LogP contribution in [0.3, 0.4) is 0 Å². The maximum absolute atomic E-state index is 12.4. The lowest BCUT2D eigenvalue weighted by atomic mass is 10.0. The Balaban J connectivity index is 1.38. The zero-order valence-corrected chi connectivity index (χ0v) is 16.5. The zero-order valence-electron chi connectivity index (χ0n) is 16.5. The average Bonchev–Trinajstić information content (AvgIpc) is 2.66. The highest BCUT2D eigenvalue weighted by Crippen LogP contribution is 2.14. The second kappa shape index (κ2) is 9.67. The molecule has 0 spiro atoms. The van der Waals surface area contributed by atoms with Crippen molar-refractivity contribution in [2.75, 3.05) is 26.7 Å². The molecule has 1 amide bonds. The molecule has 144 valence electrons. The summed E-state index contributed by atoms with van der Waals surface area (Å²) in [5, 5.41) is 3.23. The highest BCUT2D eigenvalue weighted by atomic mass is 16.2. The number of nitrogens with zero attached hydrogens (tertiary/aromatic N) is 2. The van der Waals surface area contributed by atoms with E-state index in [1.807, 2.05) is 7.05 Å². The Morgan fingerprint density at radius 2 is 1.74 bits per heavy atom. The Hall–Kier alpha value is -2.17. The van der Waals surface area contributed by atoms with Gasteiger partial charge in [-0.25, -0.2) is 0 Å². The molecule has 0 saturated carbocycles. The Labute approximate surface area is 163 Å². The smallest absolute Gasteiger partial charge is 0.234 e. The van der Waals surface area contributed by atoms with Crippen molar-refractivity contribution >= 4 is 5.91 Å². The first-order valence-corrected chi connectivity index (χ1v) is 9.89. The second-order valence-corrected chi connectivity index (χ2v) is 7.70. The number of aryl methyl sites for hydroxylation is 1. The third-order valence-corrected chi connectivity index (χ3v) is 5.32. The van der Waals surface area contributed by atoms with Crippen LogP contribution < -0.4 is 5.32 Å². The third kappa shape index (κ3) is 6.19. The van der Waals surface area contributed by atoms with Gasteiger partial charge < -0.3 is 5.32 Å². The van der Waals surface area contributed by atoms with Crippen LogP contribution in [0.4, 0.5) is 0 Å². The van der Waals surface area contributed by atoms with Gasteiger partial charge in [0.15, 0.2) is 0 Å². The number of benzene rings is 2. The molecule has 3 rings (SSSR count).